The monoisotopic (exact) mass is 436 g/mol. The van der Waals surface area contributed by atoms with Gasteiger partial charge in [-0.15, -0.1) is 11.3 Å². The van der Waals surface area contributed by atoms with E-state index in [9.17, 15) is 9.59 Å². The average Bonchev–Trinajstić information content (AvgIpc) is 3.49. The lowest BCUT2D eigenvalue weighted by atomic mass is 9.95. The molecule has 0 radical (unpaired) electrons. The Labute approximate surface area is 184 Å². The molecule has 1 aromatic carbocycles. The minimum atomic E-state index is -0.352. The number of amides is 2. The molecule has 1 saturated heterocycles. The molecule has 1 N–H and O–H groups in total. The Kier molecular flexibility index (Phi) is 5.29. The number of rotatable bonds is 5. The first-order chi connectivity index (χ1) is 15.1. The minimum Gasteiger partial charge on any atom is -0.312 e. The third-order valence-corrected chi connectivity index (χ3v) is 6.50. The lowest BCUT2D eigenvalue weighted by Gasteiger charge is -2.31. The van der Waals surface area contributed by atoms with E-state index in [4.69, 9.17) is 0 Å². The number of anilines is 2. The molecule has 160 valence electrons. The molecular formula is C22H24N6O2S. The van der Waals surface area contributed by atoms with Gasteiger partial charge in [-0.1, -0.05) is 12.1 Å². The smallest absolute Gasteiger partial charge is 0.236 e. The van der Waals surface area contributed by atoms with Crippen molar-refractivity contribution in [3.05, 3.63) is 58.9 Å². The maximum Gasteiger partial charge on any atom is 0.236 e. The molecular weight excluding hydrogens is 412 g/mol. The van der Waals surface area contributed by atoms with E-state index < -0.39 is 0 Å². The van der Waals surface area contributed by atoms with Gasteiger partial charge in [-0.25, -0.2) is 4.98 Å². The van der Waals surface area contributed by atoms with E-state index in [0.29, 0.717) is 18.1 Å². The van der Waals surface area contributed by atoms with Crippen LogP contribution in [0.3, 0.4) is 0 Å². The lowest BCUT2D eigenvalue weighted by molar-refractivity contribution is -0.118. The van der Waals surface area contributed by atoms with Crippen molar-refractivity contribution >= 4 is 34.0 Å². The fourth-order valence-corrected chi connectivity index (χ4v) is 4.92. The van der Waals surface area contributed by atoms with E-state index in [1.54, 1.807) is 10.9 Å². The summed E-state index contributed by atoms with van der Waals surface area (Å²) in [7, 11) is 1.89. The molecule has 0 saturated carbocycles. The van der Waals surface area contributed by atoms with Crippen molar-refractivity contribution in [3.63, 3.8) is 0 Å². The predicted octanol–water partition coefficient (Wildman–Crippen LogP) is 2.74. The molecule has 1 unspecified atom stereocenters. The number of fused-ring (bicyclic) bond motifs is 1. The summed E-state index contributed by atoms with van der Waals surface area (Å²) in [6.07, 6.45) is 5.23. The highest BCUT2D eigenvalue weighted by molar-refractivity contribution is 7.13. The number of thiazole rings is 1. The van der Waals surface area contributed by atoms with Crippen molar-refractivity contribution < 1.29 is 9.59 Å². The standard InChI is InChI=1S/C22H24N6O2S/c1-26-12-16-13-27(11-15-4-6-17(7-5-15)28-9-2-3-19(28)29)14-18(20(16)25-26)21(30)24-22-23-8-10-31-22/h4-8,10,12,18H,2-3,9,11,13-14H2,1H3,(H,23,24,30). The second kappa shape index (κ2) is 8.24. The summed E-state index contributed by atoms with van der Waals surface area (Å²) in [5, 5.41) is 9.93. The molecule has 0 bridgehead atoms. The van der Waals surface area contributed by atoms with Crippen LogP contribution in [0.25, 0.3) is 0 Å². The van der Waals surface area contributed by atoms with Gasteiger partial charge in [-0.05, 0) is 24.1 Å². The maximum absolute atomic E-state index is 13.0. The number of benzene rings is 1. The first-order valence-corrected chi connectivity index (χ1v) is 11.3. The van der Waals surface area contributed by atoms with Crippen molar-refractivity contribution in [1.29, 1.82) is 0 Å². The first-order valence-electron chi connectivity index (χ1n) is 10.4. The maximum atomic E-state index is 13.0. The molecule has 2 aliphatic rings. The third kappa shape index (κ3) is 4.11. The molecule has 3 aromatic rings. The van der Waals surface area contributed by atoms with E-state index in [0.717, 1.165) is 48.6 Å². The van der Waals surface area contributed by atoms with Gasteiger partial charge >= 0.3 is 0 Å². The van der Waals surface area contributed by atoms with Crippen LogP contribution >= 0.6 is 11.3 Å². The van der Waals surface area contributed by atoms with E-state index in [-0.39, 0.29) is 17.7 Å². The Morgan fingerprint density at radius 1 is 1.29 bits per heavy atom. The Morgan fingerprint density at radius 2 is 2.13 bits per heavy atom. The molecule has 4 heterocycles. The fraction of sp³-hybridized carbons (Fsp3) is 0.364. The third-order valence-electron chi connectivity index (χ3n) is 5.81. The van der Waals surface area contributed by atoms with E-state index in [2.05, 4.69) is 32.4 Å². The van der Waals surface area contributed by atoms with Crippen molar-refractivity contribution in [2.24, 2.45) is 7.05 Å². The van der Waals surface area contributed by atoms with Gasteiger partial charge in [0.25, 0.3) is 0 Å². The molecule has 1 fully saturated rings. The number of carbonyl (C=O) groups excluding carboxylic acids is 2. The molecule has 1 atom stereocenters. The van der Waals surface area contributed by atoms with Crippen LogP contribution < -0.4 is 10.2 Å². The number of aryl methyl sites for hydroxylation is 1. The van der Waals surface area contributed by atoms with Gasteiger partial charge in [0.15, 0.2) is 5.13 Å². The van der Waals surface area contributed by atoms with Crippen molar-refractivity contribution in [1.82, 2.24) is 19.7 Å². The van der Waals surface area contributed by atoms with Crippen LogP contribution in [0.4, 0.5) is 10.8 Å². The molecule has 2 aromatic heterocycles. The predicted molar refractivity (Wildman–Crippen MR) is 119 cm³/mol. The quantitative estimate of drug-likeness (QED) is 0.665. The second-order valence-corrected chi connectivity index (χ2v) is 8.97. The van der Waals surface area contributed by atoms with E-state index in [1.165, 1.54) is 11.3 Å². The van der Waals surface area contributed by atoms with Crippen molar-refractivity contribution in [2.75, 3.05) is 23.3 Å². The molecule has 9 heteroatoms. The molecule has 2 amide bonds. The Bertz CT molecular complexity index is 1090. The summed E-state index contributed by atoms with van der Waals surface area (Å²) in [4.78, 5) is 33.3. The Balaban J connectivity index is 1.32. The number of nitrogens with zero attached hydrogens (tertiary/aromatic N) is 5. The van der Waals surface area contributed by atoms with Crippen LogP contribution in [0.5, 0.6) is 0 Å². The van der Waals surface area contributed by atoms with E-state index >= 15 is 0 Å². The second-order valence-electron chi connectivity index (χ2n) is 8.08. The van der Waals surface area contributed by atoms with Gasteiger partial charge in [0, 0.05) is 68.7 Å². The van der Waals surface area contributed by atoms with Gasteiger partial charge in [0.2, 0.25) is 11.8 Å². The number of carbonyl (C=O) groups is 2. The number of nitrogens with one attached hydrogen (secondary N) is 1. The largest absolute Gasteiger partial charge is 0.312 e. The van der Waals surface area contributed by atoms with Crippen molar-refractivity contribution in [2.45, 2.75) is 31.8 Å². The van der Waals surface area contributed by atoms with Crippen LogP contribution in [0, 0.1) is 0 Å². The molecule has 0 spiro atoms. The summed E-state index contributed by atoms with van der Waals surface area (Å²) >= 11 is 1.41. The van der Waals surface area contributed by atoms with Gasteiger partial charge in [-0.3, -0.25) is 19.2 Å². The van der Waals surface area contributed by atoms with Crippen molar-refractivity contribution in [3.8, 4) is 0 Å². The topological polar surface area (TPSA) is 83.4 Å². The van der Waals surface area contributed by atoms with Crippen LogP contribution in [-0.4, -0.2) is 44.6 Å². The van der Waals surface area contributed by atoms with Crippen LogP contribution in [0.15, 0.2) is 42.0 Å². The number of hydrogen-bond acceptors (Lipinski definition) is 6. The highest BCUT2D eigenvalue weighted by atomic mass is 32.1. The van der Waals surface area contributed by atoms with Crippen LogP contribution in [0.2, 0.25) is 0 Å². The van der Waals surface area contributed by atoms with E-state index in [1.807, 2.05) is 35.7 Å². The Hall–Kier alpha value is -3.04. The SMILES string of the molecule is Cn1cc2c(n1)C(C(=O)Nc1nccs1)CN(Cc1ccc(N3CCCC3=O)cc1)C2. The zero-order chi connectivity index (χ0) is 21.4. The molecule has 5 rings (SSSR count). The lowest BCUT2D eigenvalue weighted by Crippen LogP contribution is -2.38. The molecule has 31 heavy (non-hydrogen) atoms. The van der Waals surface area contributed by atoms with Gasteiger partial charge in [-0.2, -0.15) is 5.10 Å². The normalized spacial score (nSPS) is 18.9. The highest BCUT2D eigenvalue weighted by Crippen LogP contribution is 2.30. The Morgan fingerprint density at radius 3 is 2.84 bits per heavy atom. The first kappa shape index (κ1) is 19.9. The minimum absolute atomic E-state index is 0.0810. The number of aromatic nitrogens is 3. The molecule has 2 aliphatic heterocycles. The summed E-state index contributed by atoms with van der Waals surface area (Å²) in [6, 6.07) is 8.18. The van der Waals surface area contributed by atoms with Gasteiger partial charge in [0.1, 0.15) is 0 Å². The fourth-order valence-electron chi connectivity index (χ4n) is 4.39. The summed E-state index contributed by atoms with van der Waals surface area (Å²) in [5.74, 6) is -0.236. The van der Waals surface area contributed by atoms with Gasteiger partial charge < -0.3 is 10.2 Å². The average molecular weight is 437 g/mol. The van der Waals surface area contributed by atoms with Crippen LogP contribution in [-0.2, 0) is 29.7 Å². The number of hydrogen-bond donors (Lipinski definition) is 1. The molecule has 8 nitrogen and oxygen atoms in total. The molecule has 0 aliphatic carbocycles. The summed E-state index contributed by atoms with van der Waals surface area (Å²) in [6.45, 7) is 2.86. The van der Waals surface area contributed by atoms with Gasteiger partial charge in [0.05, 0.1) is 11.6 Å². The summed E-state index contributed by atoms with van der Waals surface area (Å²) < 4.78 is 1.78. The summed E-state index contributed by atoms with van der Waals surface area (Å²) in [5.41, 5.74) is 4.03. The highest BCUT2D eigenvalue weighted by Gasteiger charge is 2.33. The zero-order valence-electron chi connectivity index (χ0n) is 17.3. The van der Waals surface area contributed by atoms with Crippen LogP contribution in [0.1, 0.15) is 35.6 Å². The zero-order valence-corrected chi connectivity index (χ0v) is 18.1.